The van der Waals surface area contributed by atoms with Crippen LogP contribution in [0.15, 0.2) is 11.8 Å². The summed E-state index contributed by atoms with van der Waals surface area (Å²) in [5, 5.41) is 0. The van der Waals surface area contributed by atoms with Crippen LogP contribution < -0.4 is 0 Å². The van der Waals surface area contributed by atoms with E-state index in [0.29, 0.717) is 5.41 Å². The quantitative estimate of drug-likeness (QED) is 0.596. The van der Waals surface area contributed by atoms with Crippen LogP contribution in [0.5, 0.6) is 0 Å². The van der Waals surface area contributed by atoms with Gasteiger partial charge in [-0.05, 0) is 38.6 Å². The summed E-state index contributed by atoms with van der Waals surface area (Å²) in [6.45, 7) is 11.3. The zero-order valence-corrected chi connectivity index (χ0v) is 9.90. The Morgan fingerprint density at radius 2 is 1.92 bits per heavy atom. The van der Waals surface area contributed by atoms with E-state index in [1.54, 1.807) is 0 Å². The Kier molecular flexibility index (Phi) is 2.39. The molecule has 0 bridgehead atoms. The van der Waals surface area contributed by atoms with Gasteiger partial charge in [-0.15, -0.1) is 0 Å². The molecule has 12 heavy (non-hydrogen) atoms. The molecule has 0 atom stereocenters. The molecule has 0 aromatic carbocycles. The topological polar surface area (TPSA) is 9.23 Å². The number of rotatable bonds is 2. The van der Waals surface area contributed by atoms with Crippen molar-refractivity contribution >= 4 is 8.32 Å². The maximum atomic E-state index is 6.01. The van der Waals surface area contributed by atoms with Gasteiger partial charge < -0.3 is 4.43 Å². The van der Waals surface area contributed by atoms with Gasteiger partial charge in [0.15, 0.2) is 0 Å². The molecule has 1 rings (SSSR count). The van der Waals surface area contributed by atoms with E-state index in [2.05, 4.69) is 39.6 Å². The molecule has 0 aliphatic heterocycles. The molecule has 0 radical (unpaired) electrons. The summed E-state index contributed by atoms with van der Waals surface area (Å²) in [5.74, 6) is 1.24. The molecule has 2 heteroatoms. The maximum Gasteiger partial charge on any atom is 0.241 e. The van der Waals surface area contributed by atoms with Gasteiger partial charge in [0, 0.05) is 5.41 Å². The van der Waals surface area contributed by atoms with E-state index in [-0.39, 0.29) is 0 Å². The van der Waals surface area contributed by atoms with E-state index in [1.807, 2.05) is 0 Å². The van der Waals surface area contributed by atoms with Crippen molar-refractivity contribution in [2.24, 2.45) is 5.41 Å². The average Bonchev–Trinajstić information content (AvgIpc) is 2.07. The molecule has 0 aromatic rings. The van der Waals surface area contributed by atoms with Gasteiger partial charge in [0.25, 0.3) is 0 Å². The van der Waals surface area contributed by atoms with Crippen molar-refractivity contribution in [2.75, 3.05) is 0 Å². The Hall–Kier alpha value is -0.243. The Morgan fingerprint density at radius 3 is 2.25 bits per heavy atom. The summed E-state index contributed by atoms with van der Waals surface area (Å²) in [4.78, 5) is 0. The number of hydrogen-bond donors (Lipinski definition) is 0. The first-order valence-electron chi connectivity index (χ1n) is 4.71. The molecule has 0 unspecified atom stereocenters. The van der Waals surface area contributed by atoms with Crippen molar-refractivity contribution in [1.29, 1.82) is 0 Å². The largest absolute Gasteiger partial charge is 0.547 e. The summed E-state index contributed by atoms with van der Waals surface area (Å²) in [6.07, 6.45) is 4.69. The third-order valence-electron chi connectivity index (χ3n) is 2.18. The van der Waals surface area contributed by atoms with Crippen molar-refractivity contribution in [3.63, 3.8) is 0 Å². The summed E-state index contributed by atoms with van der Waals surface area (Å²) in [7, 11) is -1.38. The molecule has 1 nitrogen and oxygen atoms in total. The first-order chi connectivity index (χ1) is 5.31. The van der Waals surface area contributed by atoms with Gasteiger partial charge in [-0.1, -0.05) is 13.8 Å². The Bertz CT molecular complexity index is 198. The van der Waals surface area contributed by atoms with E-state index in [4.69, 9.17) is 4.43 Å². The molecule has 0 fully saturated rings. The van der Waals surface area contributed by atoms with Crippen LogP contribution in [0.1, 0.15) is 26.7 Å². The second kappa shape index (κ2) is 2.91. The van der Waals surface area contributed by atoms with Crippen LogP contribution >= 0.6 is 0 Å². The first-order valence-corrected chi connectivity index (χ1v) is 8.12. The average molecular weight is 184 g/mol. The maximum absolute atomic E-state index is 6.01. The minimum Gasteiger partial charge on any atom is -0.547 e. The lowest BCUT2D eigenvalue weighted by molar-refractivity contribution is 0.278. The minimum atomic E-state index is -1.38. The van der Waals surface area contributed by atoms with Crippen molar-refractivity contribution in [3.8, 4) is 0 Å². The SMILES string of the molecule is CC1(C)CCC=C1O[Si](C)(C)C. The van der Waals surface area contributed by atoms with E-state index in [0.717, 1.165) is 0 Å². The first kappa shape index (κ1) is 9.84. The molecule has 70 valence electrons. The van der Waals surface area contributed by atoms with E-state index in [9.17, 15) is 0 Å². The second-order valence-corrected chi connectivity index (χ2v) is 9.63. The van der Waals surface area contributed by atoms with Crippen LogP contribution in [-0.2, 0) is 4.43 Å². The van der Waals surface area contributed by atoms with Gasteiger partial charge in [-0.2, -0.15) is 0 Å². The zero-order valence-electron chi connectivity index (χ0n) is 8.90. The van der Waals surface area contributed by atoms with E-state index in [1.165, 1.54) is 18.6 Å². The van der Waals surface area contributed by atoms with Crippen LogP contribution in [0.4, 0.5) is 0 Å². The fourth-order valence-corrected chi connectivity index (χ4v) is 2.49. The summed E-state index contributed by atoms with van der Waals surface area (Å²) in [6, 6.07) is 0. The van der Waals surface area contributed by atoms with E-state index < -0.39 is 8.32 Å². The third kappa shape index (κ3) is 2.37. The second-order valence-electron chi connectivity index (χ2n) is 5.21. The lowest BCUT2D eigenvalue weighted by Gasteiger charge is -2.29. The molecule has 1 aliphatic carbocycles. The monoisotopic (exact) mass is 184 g/mol. The van der Waals surface area contributed by atoms with Crippen molar-refractivity contribution < 1.29 is 4.43 Å². The molecule has 0 saturated heterocycles. The molecule has 1 aliphatic rings. The van der Waals surface area contributed by atoms with Crippen LogP contribution in [0.25, 0.3) is 0 Å². The lowest BCUT2D eigenvalue weighted by Crippen LogP contribution is -2.28. The number of hydrogen-bond acceptors (Lipinski definition) is 1. The molecule has 0 saturated carbocycles. The molecular formula is C10H20OSi. The molecule has 0 amide bonds. The van der Waals surface area contributed by atoms with Gasteiger partial charge >= 0.3 is 0 Å². The standard InChI is InChI=1S/C10H20OSi/c1-10(2)8-6-7-9(10)11-12(3,4)5/h7H,6,8H2,1-5H3. The Labute approximate surface area is 76.9 Å². The van der Waals surface area contributed by atoms with Gasteiger partial charge in [-0.3, -0.25) is 0 Å². The van der Waals surface area contributed by atoms with E-state index >= 15 is 0 Å². The van der Waals surface area contributed by atoms with Gasteiger partial charge in [-0.25, -0.2) is 0 Å². The van der Waals surface area contributed by atoms with Gasteiger partial charge in [0.2, 0.25) is 8.32 Å². The highest BCUT2D eigenvalue weighted by atomic mass is 28.4. The third-order valence-corrected chi connectivity index (χ3v) is 3.01. The van der Waals surface area contributed by atoms with Crippen molar-refractivity contribution in [2.45, 2.75) is 46.3 Å². The summed E-state index contributed by atoms with van der Waals surface area (Å²) >= 11 is 0. The van der Waals surface area contributed by atoms with Gasteiger partial charge in [0.1, 0.15) is 0 Å². The minimum absolute atomic E-state index is 0.292. The normalized spacial score (nSPS) is 22.2. The highest BCUT2D eigenvalue weighted by Crippen LogP contribution is 2.39. The fraction of sp³-hybridized carbons (Fsp3) is 0.800. The Morgan fingerprint density at radius 1 is 1.33 bits per heavy atom. The highest BCUT2D eigenvalue weighted by Gasteiger charge is 2.31. The van der Waals surface area contributed by atoms with Crippen LogP contribution in [0.3, 0.4) is 0 Å². The van der Waals surface area contributed by atoms with Crippen LogP contribution in [0, 0.1) is 5.41 Å². The zero-order chi connectivity index (χ0) is 9.41. The molecular weight excluding hydrogens is 164 g/mol. The van der Waals surface area contributed by atoms with Crippen LogP contribution in [-0.4, -0.2) is 8.32 Å². The fourth-order valence-electron chi connectivity index (χ4n) is 1.47. The molecule has 0 aromatic heterocycles. The molecule has 0 spiro atoms. The molecule has 0 heterocycles. The highest BCUT2D eigenvalue weighted by molar-refractivity contribution is 6.70. The molecule has 0 N–H and O–H groups in total. The van der Waals surface area contributed by atoms with Crippen LogP contribution in [0.2, 0.25) is 19.6 Å². The lowest BCUT2D eigenvalue weighted by atomic mass is 9.92. The summed E-state index contributed by atoms with van der Waals surface area (Å²) < 4.78 is 6.01. The summed E-state index contributed by atoms with van der Waals surface area (Å²) in [5.41, 5.74) is 0.292. The predicted octanol–water partition coefficient (Wildman–Crippen LogP) is 3.54. The van der Waals surface area contributed by atoms with Crippen molar-refractivity contribution in [1.82, 2.24) is 0 Å². The predicted molar refractivity (Wildman–Crippen MR) is 55.5 cm³/mol. The van der Waals surface area contributed by atoms with Crippen molar-refractivity contribution in [3.05, 3.63) is 11.8 Å². The Balaban J connectivity index is 2.65. The smallest absolute Gasteiger partial charge is 0.241 e. The van der Waals surface area contributed by atoms with Gasteiger partial charge in [0.05, 0.1) is 5.76 Å². The number of allylic oxidation sites excluding steroid dienone is 2.